The lowest BCUT2D eigenvalue weighted by Crippen LogP contribution is -2.25. The van der Waals surface area contributed by atoms with Crippen molar-refractivity contribution >= 4 is 11.9 Å². The average Bonchev–Trinajstić information content (AvgIpc) is 2.52. The molecule has 1 fully saturated rings. The Labute approximate surface area is 82.3 Å². The molecule has 0 aromatic rings. The largest absolute Gasteiger partial charge is 0.464 e. The van der Waals surface area contributed by atoms with E-state index >= 15 is 0 Å². The first kappa shape index (κ1) is 11.0. The first-order valence-corrected chi connectivity index (χ1v) is 4.62. The van der Waals surface area contributed by atoms with Gasteiger partial charge in [-0.05, 0) is 13.3 Å². The SMILES string of the molecule is CCOC(=O)[C@@H]1CC[C@@H](OC(C)=O)O1. The molecule has 0 bridgehead atoms. The van der Waals surface area contributed by atoms with Crippen LogP contribution in [-0.2, 0) is 23.8 Å². The first-order chi connectivity index (χ1) is 6.63. The van der Waals surface area contributed by atoms with Crippen LogP contribution < -0.4 is 0 Å². The van der Waals surface area contributed by atoms with Gasteiger partial charge < -0.3 is 14.2 Å². The molecule has 0 N–H and O–H groups in total. The van der Waals surface area contributed by atoms with Gasteiger partial charge >= 0.3 is 11.9 Å². The molecule has 1 aliphatic rings. The number of ether oxygens (including phenoxy) is 3. The van der Waals surface area contributed by atoms with Gasteiger partial charge in [-0.1, -0.05) is 0 Å². The molecule has 1 aliphatic heterocycles. The van der Waals surface area contributed by atoms with Crippen molar-refractivity contribution in [1.82, 2.24) is 0 Å². The third-order valence-electron chi connectivity index (χ3n) is 1.83. The molecular formula is C9H14O5. The summed E-state index contributed by atoms with van der Waals surface area (Å²) in [4.78, 5) is 21.8. The van der Waals surface area contributed by atoms with Gasteiger partial charge in [0, 0.05) is 13.3 Å². The van der Waals surface area contributed by atoms with Crippen molar-refractivity contribution in [2.75, 3.05) is 6.61 Å². The van der Waals surface area contributed by atoms with Gasteiger partial charge in [-0.15, -0.1) is 0 Å². The Hall–Kier alpha value is -1.10. The van der Waals surface area contributed by atoms with Crippen molar-refractivity contribution < 1.29 is 23.8 Å². The van der Waals surface area contributed by atoms with Crippen LogP contribution in [0.1, 0.15) is 26.7 Å². The predicted octanol–water partition coefficient (Wildman–Crippen LogP) is 0.618. The quantitative estimate of drug-likeness (QED) is 0.628. The van der Waals surface area contributed by atoms with Crippen molar-refractivity contribution in [3.8, 4) is 0 Å². The Morgan fingerprint density at radius 1 is 1.43 bits per heavy atom. The van der Waals surface area contributed by atoms with Gasteiger partial charge in [0.15, 0.2) is 6.10 Å². The topological polar surface area (TPSA) is 61.8 Å². The molecular weight excluding hydrogens is 188 g/mol. The highest BCUT2D eigenvalue weighted by Gasteiger charge is 2.33. The fourth-order valence-corrected chi connectivity index (χ4v) is 1.29. The zero-order valence-electron chi connectivity index (χ0n) is 8.32. The van der Waals surface area contributed by atoms with Crippen molar-refractivity contribution in [2.24, 2.45) is 0 Å². The summed E-state index contributed by atoms with van der Waals surface area (Å²) in [7, 11) is 0. The number of rotatable bonds is 3. The van der Waals surface area contributed by atoms with E-state index in [2.05, 4.69) is 0 Å². The molecule has 14 heavy (non-hydrogen) atoms. The van der Waals surface area contributed by atoms with Gasteiger partial charge in [0.05, 0.1) is 6.61 Å². The van der Waals surface area contributed by atoms with E-state index in [9.17, 15) is 9.59 Å². The van der Waals surface area contributed by atoms with Gasteiger partial charge in [0.25, 0.3) is 0 Å². The number of esters is 2. The predicted molar refractivity (Wildman–Crippen MR) is 46.3 cm³/mol. The smallest absolute Gasteiger partial charge is 0.335 e. The Bertz CT molecular complexity index is 225. The van der Waals surface area contributed by atoms with Gasteiger partial charge in [-0.25, -0.2) is 4.79 Å². The number of hydrogen-bond donors (Lipinski definition) is 0. The minimum Gasteiger partial charge on any atom is -0.464 e. The van der Waals surface area contributed by atoms with Crippen LogP contribution in [-0.4, -0.2) is 30.9 Å². The molecule has 0 spiro atoms. The van der Waals surface area contributed by atoms with Crippen LogP contribution in [0, 0.1) is 0 Å². The summed E-state index contributed by atoms with van der Waals surface area (Å²) >= 11 is 0. The van der Waals surface area contributed by atoms with Crippen LogP contribution in [0.4, 0.5) is 0 Å². The molecule has 1 saturated heterocycles. The summed E-state index contributed by atoms with van der Waals surface area (Å²) < 4.78 is 14.7. The minimum atomic E-state index is -0.595. The number of carbonyl (C=O) groups is 2. The lowest BCUT2D eigenvalue weighted by atomic mass is 10.2. The Morgan fingerprint density at radius 2 is 2.14 bits per heavy atom. The zero-order chi connectivity index (χ0) is 10.6. The summed E-state index contributed by atoms with van der Waals surface area (Å²) in [6, 6.07) is 0. The Morgan fingerprint density at radius 3 is 2.71 bits per heavy atom. The molecule has 80 valence electrons. The van der Waals surface area contributed by atoms with Crippen LogP contribution in [0.15, 0.2) is 0 Å². The summed E-state index contributed by atoms with van der Waals surface area (Å²) in [5, 5.41) is 0. The molecule has 0 saturated carbocycles. The normalized spacial score (nSPS) is 25.9. The van der Waals surface area contributed by atoms with E-state index in [1.807, 2.05) is 0 Å². The molecule has 5 nitrogen and oxygen atoms in total. The second-order valence-electron chi connectivity index (χ2n) is 2.99. The molecule has 0 aliphatic carbocycles. The van der Waals surface area contributed by atoms with Crippen LogP contribution in [0.5, 0.6) is 0 Å². The minimum absolute atomic E-state index is 0.330. The van der Waals surface area contributed by atoms with Gasteiger partial charge in [-0.2, -0.15) is 0 Å². The summed E-state index contributed by atoms with van der Waals surface area (Å²) in [5.74, 6) is -0.790. The van der Waals surface area contributed by atoms with E-state index in [1.165, 1.54) is 6.92 Å². The zero-order valence-corrected chi connectivity index (χ0v) is 8.32. The molecule has 5 heteroatoms. The van der Waals surface area contributed by atoms with Crippen molar-refractivity contribution in [1.29, 1.82) is 0 Å². The van der Waals surface area contributed by atoms with Gasteiger partial charge in [0.2, 0.25) is 6.29 Å². The number of hydrogen-bond acceptors (Lipinski definition) is 5. The summed E-state index contributed by atoms with van der Waals surface area (Å²) in [6.45, 7) is 3.37. The summed E-state index contributed by atoms with van der Waals surface area (Å²) in [6.07, 6.45) is -0.0963. The van der Waals surface area contributed by atoms with Crippen molar-refractivity contribution in [3.63, 3.8) is 0 Å². The third kappa shape index (κ3) is 2.99. The Kier molecular flexibility index (Phi) is 3.88. The molecule has 0 radical (unpaired) electrons. The van der Waals surface area contributed by atoms with E-state index in [4.69, 9.17) is 14.2 Å². The van der Waals surface area contributed by atoms with Crippen LogP contribution in [0.2, 0.25) is 0 Å². The molecule has 1 rings (SSSR count). The summed E-state index contributed by atoms with van der Waals surface area (Å²) in [5.41, 5.74) is 0. The highest BCUT2D eigenvalue weighted by Crippen LogP contribution is 2.21. The highest BCUT2D eigenvalue weighted by molar-refractivity contribution is 5.75. The van der Waals surface area contributed by atoms with Crippen LogP contribution in [0.25, 0.3) is 0 Å². The fraction of sp³-hybridized carbons (Fsp3) is 0.778. The second-order valence-corrected chi connectivity index (χ2v) is 2.99. The van der Waals surface area contributed by atoms with Crippen molar-refractivity contribution in [2.45, 2.75) is 39.1 Å². The van der Waals surface area contributed by atoms with E-state index in [0.717, 1.165) is 0 Å². The average molecular weight is 202 g/mol. The fourth-order valence-electron chi connectivity index (χ4n) is 1.29. The Balaban J connectivity index is 2.33. The lowest BCUT2D eigenvalue weighted by molar-refractivity contribution is -0.183. The third-order valence-corrected chi connectivity index (χ3v) is 1.83. The maximum Gasteiger partial charge on any atom is 0.335 e. The van der Waals surface area contributed by atoms with E-state index in [1.54, 1.807) is 6.92 Å². The van der Waals surface area contributed by atoms with Crippen LogP contribution >= 0.6 is 0 Å². The molecule has 0 amide bonds. The highest BCUT2D eigenvalue weighted by atomic mass is 16.7. The molecule has 0 unspecified atom stereocenters. The van der Waals surface area contributed by atoms with Gasteiger partial charge in [-0.3, -0.25) is 4.79 Å². The molecule has 1 heterocycles. The number of carbonyl (C=O) groups excluding carboxylic acids is 2. The lowest BCUT2D eigenvalue weighted by Gasteiger charge is -2.12. The van der Waals surface area contributed by atoms with Crippen LogP contribution in [0.3, 0.4) is 0 Å². The standard InChI is InChI=1S/C9H14O5/c1-3-12-9(11)7-4-5-8(14-7)13-6(2)10/h7-8H,3-5H2,1-2H3/t7-,8-/m0/s1. The van der Waals surface area contributed by atoms with Crippen molar-refractivity contribution in [3.05, 3.63) is 0 Å². The van der Waals surface area contributed by atoms with Gasteiger partial charge in [0.1, 0.15) is 0 Å². The maximum atomic E-state index is 11.2. The van der Waals surface area contributed by atoms with E-state index in [0.29, 0.717) is 19.4 Å². The van der Waals surface area contributed by atoms with E-state index in [-0.39, 0.29) is 5.97 Å². The second kappa shape index (κ2) is 4.95. The molecule has 0 aromatic heterocycles. The van der Waals surface area contributed by atoms with E-state index < -0.39 is 18.4 Å². The molecule has 2 atom stereocenters. The molecule has 0 aromatic carbocycles. The first-order valence-electron chi connectivity index (χ1n) is 4.62. The maximum absolute atomic E-state index is 11.2. The monoisotopic (exact) mass is 202 g/mol.